The first-order chi connectivity index (χ1) is 12.1. The maximum absolute atomic E-state index is 12.1. The van der Waals surface area contributed by atoms with Gasteiger partial charge in [0, 0.05) is 18.6 Å². The third-order valence-corrected chi connectivity index (χ3v) is 4.03. The molecule has 1 aliphatic heterocycles. The molecule has 1 fully saturated rings. The molecular formula is C19H20N2O4. The Morgan fingerprint density at radius 3 is 2.72 bits per heavy atom. The van der Waals surface area contributed by atoms with Crippen LogP contribution in [-0.2, 0) is 9.53 Å². The van der Waals surface area contributed by atoms with E-state index in [-0.39, 0.29) is 12.0 Å². The van der Waals surface area contributed by atoms with E-state index in [9.17, 15) is 9.59 Å². The van der Waals surface area contributed by atoms with Crippen LogP contribution in [0.1, 0.15) is 6.92 Å². The van der Waals surface area contributed by atoms with Gasteiger partial charge in [0.25, 0.3) is 0 Å². The number of carbonyl (C=O) groups excluding carboxylic acids is 2. The van der Waals surface area contributed by atoms with Crippen molar-refractivity contribution in [3.05, 3.63) is 48.5 Å². The van der Waals surface area contributed by atoms with Gasteiger partial charge in [0.1, 0.15) is 11.9 Å². The van der Waals surface area contributed by atoms with E-state index >= 15 is 0 Å². The molecule has 3 rings (SSSR count). The molecular weight excluding hydrogens is 320 g/mol. The highest BCUT2D eigenvalue weighted by Gasteiger charge is 2.32. The Morgan fingerprint density at radius 1 is 1.28 bits per heavy atom. The molecule has 0 saturated carbocycles. The van der Waals surface area contributed by atoms with E-state index in [1.54, 1.807) is 12.0 Å². The van der Waals surface area contributed by atoms with E-state index in [1.165, 1.54) is 6.92 Å². The van der Waals surface area contributed by atoms with Crippen LogP contribution in [0.5, 0.6) is 5.75 Å². The minimum atomic E-state index is -0.426. The summed E-state index contributed by atoms with van der Waals surface area (Å²) in [5.74, 6) is 0.533. The summed E-state index contributed by atoms with van der Waals surface area (Å²) in [6.45, 7) is 2.12. The molecule has 1 heterocycles. The Hall–Kier alpha value is -3.02. The SMILES string of the molecule is COc1cc(N2CC(CNC(C)=O)OC2=O)ccc1-c1ccccc1. The maximum Gasteiger partial charge on any atom is 0.414 e. The summed E-state index contributed by atoms with van der Waals surface area (Å²) in [5.41, 5.74) is 2.69. The van der Waals surface area contributed by atoms with Crippen molar-refractivity contribution in [2.75, 3.05) is 25.1 Å². The van der Waals surface area contributed by atoms with Crippen LogP contribution in [0.2, 0.25) is 0 Å². The Labute approximate surface area is 146 Å². The summed E-state index contributed by atoms with van der Waals surface area (Å²) in [7, 11) is 1.60. The fourth-order valence-corrected chi connectivity index (χ4v) is 2.80. The summed E-state index contributed by atoms with van der Waals surface area (Å²) in [6.07, 6.45) is -0.791. The summed E-state index contributed by atoms with van der Waals surface area (Å²) in [4.78, 5) is 24.7. The molecule has 0 aliphatic carbocycles. The molecule has 2 amide bonds. The van der Waals surface area contributed by atoms with Crippen LogP contribution in [0, 0.1) is 0 Å². The van der Waals surface area contributed by atoms with Crippen LogP contribution in [0.4, 0.5) is 10.5 Å². The highest BCUT2D eigenvalue weighted by Crippen LogP contribution is 2.34. The largest absolute Gasteiger partial charge is 0.496 e. The van der Waals surface area contributed by atoms with Crippen LogP contribution in [0.3, 0.4) is 0 Å². The van der Waals surface area contributed by atoms with Gasteiger partial charge < -0.3 is 14.8 Å². The molecule has 1 aliphatic rings. The Kier molecular flexibility index (Phi) is 4.88. The number of ether oxygens (including phenoxy) is 2. The van der Waals surface area contributed by atoms with Crippen molar-refractivity contribution in [2.45, 2.75) is 13.0 Å². The molecule has 0 spiro atoms. The maximum atomic E-state index is 12.1. The second-order valence-electron chi connectivity index (χ2n) is 5.80. The first-order valence-electron chi connectivity index (χ1n) is 8.04. The van der Waals surface area contributed by atoms with E-state index in [0.29, 0.717) is 24.5 Å². The van der Waals surface area contributed by atoms with Gasteiger partial charge in [-0.15, -0.1) is 0 Å². The van der Waals surface area contributed by atoms with Crippen LogP contribution in [-0.4, -0.2) is 38.3 Å². The lowest BCUT2D eigenvalue weighted by Crippen LogP contribution is -2.33. The normalized spacial score (nSPS) is 16.5. The van der Waals surface area contributed by atoms with Crippen molar-refractivity contribution in [3.8, 4) is 16.9 Å². The van der Waals surface area contributed by atoms with Crippen LogP contribution in [0.25, 0.3) is 11.1 Å². The first kappa shape index (κ1) is 16.8. The minimum absolute atomic E-state index is 0.150. The monoisotopic (exact) mass is 340 g/mol. The number of nitrogens with one attached hydrogen (secondary N) is 1. The number of benzene rings is 2. The number of methoxy groups -OCH3 is 1. The zero-order valence-corrected chi connectivity index (χ0v) is 14.2. The Bertz CT molecular complexity index is 776. The summed E-state index contributed by atoms with van der Waals surface area (Å²) in [6, 6.07) is 15.5. The Balaban J connectivity index is 1.81. The van der Waals surface area contributed by atoms with Crippen LogP contribution in [0.15, 0.2) is 48.5 Å². The zero-order chi connectivity index (χ0) is 17.8. The number of nitrogens with zero attached hydrogens (tertiary/aromatic N) is 1. The average Bonchev–Trinajstić information content (AvgIpc) is 3.01. The summed E-state index contributed by atoms with van der Waals surface area (Å²) < 4.78 is 10.8. The van der Waals surface area contributed by atoms with E-state index in [0.717, 1.165) is 11.1 Å². The first-order valence-corrected chi connectivity index (χ1v) is 8.04. The predicted molar refractivity (Wildman–Crippen MR) is 94.7 cm³/mol. The van der Waals surface area contributed by atoms with Crippen molar-refractivity contribution in [3.63, 3.8) is 0 Å². The van der Waals surface area contributed by atoms with Crippen molar-refractivity contribution in [1.82, 2.24) is 5.32 Å². The summed E-state index contributed by atoms with van der Waals surface area (Å²) >= 11 is 0. The quantitative estimate of drug-likeness (QED) is 0.909. The molecule has 1 N–H and O–H groups in total. The number of cyclic esters (lactones) is 1. The lowest BCUT2D eigenvalue weighted by molar-refractivity contribution is -0.119. The number of hydrogen-bond donors (Lipinski definition) is 1. The minimum Gasteiger partial charge on any atom is -0.496 e. The molecule has 2 aromatic carbocycles. The number of amides is 2. The molecule has 0 aromatic heterocycles. The zero-order valence-electron chi connectivity index (χ0n) is 14.2. The van der Waals surface area contributed by atoms with E-state index in [2.05, 4.69) is 5.32 Å². The van der Waals surface area contributed by atoms with Gasteiger partial charge in [0.15, 0.2) is 0 Å². The topological polar surface area (TPSA) is 67.9 Å². The molecule has 0 radical (unpaired) electrons. The standard InChI is InChI=1S/C19H20N2O4/c1-13(22)20-11-16-12-21(19(23)25-16)15-8-9-17(18(10-15)24-2)14-6-4-3-5-7-14/h3-10,16H,11-12H2,1-2H3,(H,20,22). The number of hydrogen-bond acceptors (Lipinski definition) is 4. The van der Waals surface area contributed by atoms with Crippen molar-refractivity contribution in [2.24, 2.45) is 0 Å². The van der Waals surface area contributed by atoms with Gasteiger partial charge in [-0.05, 0) is 17.7 Å². The molecule has 0 bridgehead atoms. The van der Waals surface area contributed by atoms with Crippen molar-refractivity contribution in [1.29, 1.82) is 0 Å². The van der Waals surface area contributed by atoms with Crippen molar-refractivity contribution >= 4 is 17.7 Å². The van der Waals surface area contributed by atoms with Gasteiger partial charge in [0.2, 0.25) is 5.91 Å². The number of anilines is 1. The molecule has 1 saturated heterocycles. The fourth-order valence-electron chi connectivity index (χ4n) is 2.80. The van der Waals surface area contributed by atoms with E-state index in [1.807, 2.05) is 48.5 Å². The highest BCUT2D eigenvalue weighted by molar-refractivity contribution is 5.91. The molecule has 130 valence electrons. The molecule has 1 unspecified atom stereocenters. The average molecular weight is 340 g/mol. The predicted octanol–water partition coefficient (Wildman–Crippen LogP) is 2.82. The second kappa shape index (κ2) is 7.25. The molecule has 6 nitrogen and oxygen atoms in total. The van der Waals surface area contributed by atoms with Gasteiger partial charge in [-0.2, -0.15) is 0 Å². The van der Waals surface area contributed by atoms with Crippen LogP contribution >= 0.6 is 0 Å². The van der Waals surface area contributed by atoms with E-state index < -0.39 is 6.09 Å². The molecule has 25 heavy (non-hydrogen) atoms. The summed E-state index contributed by atoms with van der Waals surface area (Å²) in [5, 5.41) is 2.67. The van der Waals surface area contributed by atoms with Gasteiger partial charge in [0.05, 0.1) is 25.9 Å². The number of carbonyl (C=O) groups is 2. The third-order valence-electron chi connectivity index (χ3n) is 4.03. The van der Waals surface area contributed by atoms with Crippen molar-refractivity contribution < 1.29 is 19.1 Å². The van der Waals surface area contributed by atoms with Gasteiger partial charge in [-0.25, -0.2) is 4.79 Å². The lowest BCUT2D eigenvalue weighted by Gasteiger charge is -2.16. The van der Waals surface area contributed by atoms with Gasteiger partial charge in [-0.1, -0.05) is 30.3 Å². The van der Waals surface area contributed by atoms with Gasteiger partial charge >= 0.3 is 6.09 Å². The second-order valence-corrected chi connectivity index (χ2v) is 5.80. The van der Waals surface area contributed by atoms with E-state index in [4.69, 9.17) is 9.47 Å². The third kappa shape index (κ3) is 3.74. The van der Waals surface area contributed by atoms with Crippen LogP contribution < -0.4 is 15.0 Å². The fraction of sp³-hybridized carbons (Fsp3) is 0.263. The Morgan fingerprint density at radius 2 is 2.04 bits per heavy atom. The van der Waals surface area contributed by atoms with Gasteiger partial charge in [-0.3, -0.25) is 9.69 Å². The molecule has 2 aromatic rings. The lowest BCUT2D eigenvalue weighted by atomic mass is 10.0. The smallest absolute Gasteiger partial charge is 0.414 e. The molecule has 6 heteroatoms. The molecule has 1 atom stereocenters. The highest BCUT2D eigenvalue weighted by atomic mass is 16.6. The number of rotatable bonds is 5.